The van der Waals surface area contributed by atoms with Gasteiger partial charge in [0.05, 0.1) is 22.5 Å². The Labute approximate surface area is 273 Å². The Balaban J connectivity index is 1.11. The molecule has 1 spiro atoms. The Kier molecular flexibility index (Phi) is 4.83. The van der Waals surface area contributed by atoms with Crippen molar-refractivity contribution in [3.05, 3.63) is 186 Å². The fourth-order valence-corrected chi connectivity index (χ4v) is 8.81. The van der Waals surface area contributed by atoms with E-state index < -0.39 is 5.41 Å². The first kappa shape index (κ1) is 25.2. The first-order valence-corrected chi connectivity index (χ1v) is 16.3. The van der Waals surface area contributed by atoms with Crippen LogP contribution in [0.25, 0.3) is 33.4 Å². The van der Waals surface area contributed by atoms with Crippen LogP contribution in [0.1, 0.15) is 34.0 Å². The van der Waals surface area contributed by atoms with Gasteiger partial charge in [-0.1, -0.05) is 121 Å². The van der Waals surface area contributed by atoms with Crippen LogP contribution < -0.4 is 15.0 Å². The average Bonchev–Trinajstić information content (AvgIpc) is 3.67. The van der Waals surface area contributed by atoms with E-state index >= 15 is 0 Å². The number of nitrogens with zero attached hydrogens (tertiary/aromatic N) is 1. The maximum atomic E-state index is 6.81. The van der Waals surface area contributed by atoms with Gasteiger partial charge in [0.2, 0.25) is 0 Å². The first-order chi connectivity index (χ1) is 23.3. The molecule has 7 aromatic carbocycles. The summed E-state index contributed by atoms with van der Waals surface area (Å²) >= 11 is 0. The summed E-state index contributed by atoms with van der Waals surface area (Å²) in [6.07, 6.45) is 0.0211. The van der Waals surface area contributed by atoms with Gasteiger partial charge in [0.1, 0.15) is 17.7 Å². The number of hydrogen-bond acceptors (Lipinski definition) is 3. The van der Waals surface area contributed by atoms with Crippen molar-refractivity contribution in [2.45, 2.75) is 11.6 Å². The second-order valence-corrected chi connectivity index (χ2v) is 12.9. The molecule has 0 aromatic heterocycles. The fourth-order valence-electron chi connectivity index (χ4n) is 8.81. The zero-order chi connectivity index (χ0) is 30.7. The van der Waals surface area contributed by atoms with E-state index in [1.165, 1.54) is 67.0 Å². The minimum atomic E-state index is -0.449. The molecule has 47 heavy (non-hydrogen) atoms. The second kappa shape index (κ2) is 9.02. The maximum Gasteiger partial charge on any atom is 0.132 e. The van der Waals surface area contributed by atoms with Gasteiger partial charge >= 0.3 is 0 Å². The molecule has 220 valence electrons. The molecule has 3 heterocycles. The van der Waals surface area contributed by atoms with Crippen molar-refractivity contribution in [2.24, 2.45) is 0 Å². The van der Waals surface area contributed by atoms with Crippen LogP contribution in [-0.2, 0) is 5.41 Å². The molecule has 3 aliphatic heterocycles. The van der Waals surface area contributed by atoms with Crippen LogP contribution in [0.5, 0.6) is 11.5 Å². The summed E-state index contributed by atoms with van der Waals surface area (Å²) in [6.45, 7) is 0. The van der Waals surface area contributed by atoms with Gasteiger partial charge in [0.15, 0.2) is 0 Å². The third-order valence-corrected chi connectivity index (χ3v) is 10.7. The third-order valence-electron chi connectivity index (χ3n) is 10.7. The minimum absolute atomic E-state index is 0.0211. The van der Waals surface area contributed by atoms with Crippen LogP contribution in [0, 0.1) is 0 Å². The summed E-state index contributed by atoms with van der Waals surface area (Å²) in [4.78, 5) is 2.45. The van der Waals surface area contributed by atoms with Crippen LogP contribution in [0.2, 0.25) is 0 Å². The van der Waals surface area contributed by atoms with Crippen molar-refractivity contribution >= 4 is 17.1 Å². The molecule has 4 aliphatic rings. The van der Waals surface area contributed by atoms with E-state index in [-0.39, 0.29) is 6.17 Å². The summed E-state index contributed by atoms with van der Waals surface area (Å²) < 4.78 is 6.81. The number of fused-ring (bicyclic) bond motifs is 17. The number of hydrogen-bond donors (Lipinski definition) is 1. The monoisotopic (exact) mass is 600 g/mol. The highest BCUT2D eigenvalue weighted by Gasteiger charge is 2.51. The smallest absolute Gasteiger partial charge is 0.132 e. The fraction of sp³-hybridized carbons (Fsp3) is 0.0455. The van der Waals surface area contributed by atoms with E-state index in [2.05, 4.69) is 168 Å². The molecule has 1 atom stereocenters. The number of rotatable bonds is 1. The first-order valence-electron chi connectivity index (χ1n) is 16.3. The van der Waals surface area contributed by atoms with Crippen LogP contribution in [-0.4, -0.2) is 0 Å². The van der Waals surface area contributed by atoms with Crippen molar-refractivity contribution in [2.75, 3.05) is 10.2 Å². The predicted octanol–water partition coefficient (Wildman–Crippen LogP) is 11.1. The van der Waals surface area contributed by atoms with E-state index in [0.717, 1.165) is 22.7 Å². The normalized spacial score (nSPS) is 16.3. The number of para-hydroxylation sites is 4. The van der Waals surface area contributed by atoms with Crippen molar-refractivity contribution in [1.29, 1.82) is 0 Å². The quantitative estimate of drug-likeness (QED) is 0.203. The molecule has 0 bridgehead atoms. The molecule has 1 N–H and O–H groups in total. The number of anilines is 3. The van der Waals surface area contributed by atoms with Gasteiger partial charge in [-0.15, -0.1) is 0 Å². The van der Waals surface area contributed by atoms with E-state index in [4.69, 9.17) is 4.74 Å². The van der Waals surface area contributed by atoms with Gasteiger partial charge in [0, 0.05) is 22.3 Å². The molecule has 11 rings (SSSR count). The molecule has 0 fully saturated rings. The summed E-state index contributed by atoms with van der Waals surface area (Å²) in [5.74, 6) is 1.82. The Morgan fingerprint density at radius 3 is 1.87 bits per heavy atom. The third kappa shape index (κ3) is 3.16. The SMILES string of the molecule is c1ccc2c(c1)NC1c3cc(-c4ccc5c(c4)Oc4ccccc4C54c5ccccc5-c5ccccc54)ccc3-c3ccccc3N21. The highest BCUT2D eigenvalue weighted by molar-refractivity contribution is 5.96. The lowest BCUT2D eigenvalue weighted by Crippen LogP contribution is -2.32. The molecule has 3 heteroatoms. The summed E-state index contributed by atoms with van der Waals surface area (Å²) in [5.41, 5.74) is 16.9. The van der Waals surface area contributed by atoms with Gasteiger partial charge in [-0.25, -0.2) is 0 Å². The molecule has 3 nitrogen and oxygen atoms in total. The number of benzene rings is 7. The highest BCUT2D eigenvalue weighted by atomic mass is 16.5. The van der Waals surface area contributed by atoms with Crippen LogP contribution in [0.3, 0.4) is 0 Å². The van der Waals surface area contributed by atoms with Gasteiger partial charge in [-0.3, -0.25) is 0 Å². The summed E-state index contributed by atoms with van der Waals surface area (Å²) in [5, 5.41) is 3.83. The van der Waals surface area contributed by atoms with E-state index in [0.29, 0.717) is 0 Å². The largest absolute Gasteiger partial charge is 0.457 e. The Morgan fingerprint density at radius 2 is 1.06 bits per heavy atom. The number of nitrogens with one attached hydrogen (secondary N) is 1. The molecule has 1 unspecified atom stereocenters. The maximum absolute atomic E-state index is 6.81. The molecular weight excluding hydrogens is 572 g/mol. The number of ether oxygens (including phenoxy) is 1. The van der Waals surface area contributed by atoms with Crippen LogP contribution in [0.15, 0.2) is 158 Å². The lowest BCUT2D eigenvalue weighted by molar-refractivity contribution is 0.436. The van der Waals surface area contributed by atoms with Gasteiger partial charge in [0.25, 0.3) is 0 Å². The minimum Gasteiger partial charge on any atom is -0.457 e. The zero-order valence-corrected chi connectivity index (χ0v) is 25.4. The molecule has 0 amide bonds. The Bertz CT molecular complexity index is 2410. The second-order valence-electron chi connectivity index (χ2n) is 12.9. The van der Waals surface area contributed by atoms with Crippen molar-refractivity contribution < 1.29 is 4.74 Å². The Morgan fingerprint density at radius 1 is 0.468 bits per heavy atom. The Hall–Kier alpha value is -6.06. The predicted molar refractivity (Wildman–Crippen MR) is 190 cm³/mol. The van der Waals surface area contributed by atoms with E-state index in [1.54, 1.807) is 0 Å². The molecule has 0 saturated heterocycles. The average molecular weight is 601 g/mol. The molecular formula is C44H28N2O. The lowest BCUT2D eigenvalue weighted by Gasteiger charge is -2.39. The topological polar surface area (TPSA) is 24.5 Å². The van der Waals surface area contributed by atoms with Crippen molar-refractivity contribution in [3.63, 3.8) is 0 Å². The zero-order valence-electron chi connectivity index (χ0n) is 25.4. The van der Waals surface area contributed by atoms with Gasteiger partial charge in [-0.05, 0) is 75.3 Å². The lowest BCUT2D eigenvalue weighted by atomic mass is 9.66. The van der Waals surface area contributed by atoms with Crippen LogP contribution >= 0.6 is 0 Å². The van der Waals surface area contributed by atoms with Crippen molar-refractivity contribution in [1.82, 2.24) is 0 Å². The summed E-state index contributed by atoms with van der Waals surface area (Å²) in [6, 6.07) is 57.5. The van der Waals surface area contributed by atoms with Crippen molar-refractivity contribution in [3.8, 4) is 44.9 Å². The molecule has 7 aromatic rings. The molecule has 0 radical (unpaired) electrons. The van der Waals surface area contributed by atoms with Crippen LogP contribution in [0.4, 0.5) is 17.1 Å². The molecule has 1 aliphatic carbocycles. The van der Waals surface area contributed by atoms with E-state index in [1.807, 2.05) is 0 Å². The highest BCUT2D eigenvalue weighted by Crippen LogP contribution is 2.62. The van der Waals surface area contributed by atoms with Gasteiger partial charge in [-0.2, -0.15) is 0 Å². The van der Waals surface area contributed by atoms with E-state index in [9.17, 15) is 0 Å². The standard InChI is InChI=1S/C44H28N2O/c1-4-14-34-30(11-1)31-12-2-5-15-35(31)44(34)36-16-6-10-20-41(36)47-42-26-28(22-24-37(42)44)27-21-23-29-32-13-3-8-18-39(32)46-40-19-9-7-17-38(40)45-43(46)33(29)25-27/h1-26,43,45H. The summed E-state index contributed by atoms with van der Waals surface area (Å²) in [7, 11) is 0. The molecule has 0 saturated carbocycles. The van der Waals surface area contributed by atoms with Gasteiger partial charge < -0.3 is 15.0 Å².